The predicted octanol–water partition coefficient (Wildman–Crippen LogP) is 2.89. The number of alkyl halides is 3. The van der Waals surface area contributed by atoms with Gasteiger partial charge in [0, 0.05) is 5.56 Å². The molecular weight excluding hydrogens is 228 g/mol. The van der Waals surface area contributed by atoms with E-state index in [2.05, 4.69) is 0 Å². The monoisotopic (exact) mass is 236 g/mol. The van der Waals surface area contributed by atoms with E-state index in [0.29, 0.717) is 19.3 Å². The number of hydrogen-bond acceptors (Lipinski definition) is 2. The van der Waals surface area contributed by atoms with Crippen LogP contribution in [0.15, 0.2) is 18.2 Å². The SMILES string of the molecule is Fc1cc(C2OCCO2)cc(C(F)(F)F)c1. The minimum absolute atomic E-state index is 0.0461. The summed E-state index contributed by atoms with van der Waals surface area (Å²) in [6.07, 6.45) is -5.48. The van der Waals surface area contributed by atoms with E-state index in [9.17, 15) is 17.6 Å². The first kappa shape index (κ1) is 11.3. The highest BCUT2D eigenvalue weighted by atomic mass is 19.4. The molecule has 2 rings (SSSR count). The first-order valence-corrected chi connectivity index (χ1v) is 4.58. The molecule has 6 heteroatoms. The summed E-state index contributed by atoms with van der Waals surface area (Å²) in [6.45, 7) is 0.588. The van der Waals surface area contributed by atoms with Crippen molar-refractivity contribution in [2.24, 2.45) is 0 Å². The Labute approximate surface area is 88.8 Å². The van der Waals surface area contributed by atoms with E-state index in [1.165, 1.54) is 0 Å². The van der Waals surface area contributed by atoms with E-state index in [-0.39, 0.29) is 5.56 Å². The molecule has 88 valence electrons. The summed E-state index contributed by atoms with van der Waals surface area (Å²) in [4.78, 5) is 0. The van der Waals surface area contributed by atoms with E-state index in [4.69, 9.17) is 9.47 Å². The third-order valence-corrected chi connectivity index (χ3v) is 2.14. The zero-order valence-electron chi connectivity index (χ0n) is 8.05. The molecule has 0 atom stereocenters. The quantitative estimate of drug-likeness (QED) is 0.698. The average molecular weight is 236 g/mol. The molecule has 1 saturated heterocycles. The first-order chi connectivity index (χ1) is 7.47. The van der Waals surface area contributed by atoms with Crippen LogP contribution in [0, 0.1) is 5.82 Å². The van der Waals surface area contributed by atoms with Crippen LogP contribution in [0.5, 0.6) is 0 Å². The van der Waals surface area contributed by atoms with Gasteiger partial charge in [-0.05, 0) is 18.2 Å². The molecule has 16 heavy (non-hydrogen) atoms. The third-order valence-electron chi connectivity index (χ3n) is 2.14. The standard InChI is InChI=1S/C10H8F4O2/c11-8-4-6(9-15-1-2-16-9)3-7(5-8)10(12,13)14/h3-5,9H,1-2H2. The van der Waals surface area contributed by atoms with E-state index >= 15 is 0 Å². The molecule has 0 saturated carbocycles. The summed E-state index contributed by atoms with van der Waals surface area (Å²) >= 11 is 0. The molecule has 1 aromatic rings. The summed E-state index contributed by atoms with van der Waals surface area (Å²) in [5, 5.41) is 0. The van der Waals surface area contributed by atoms with Crippen molar-refractivity contribution in [3.63, 3.8) is 0 Å². The van der Waals surface area contributed by atoms with Gasteiger partial charge in [0.15, 0.2) is 6.29 Å². The van der Waals surface area contributed by atoms with Gasteiger partial charge >= 0.3 is 6.18 Å². The highest BCUT2D eigenvalue weighted by Crippen LogP contribution is 2.33. The molecule has 0 aromatic heterocycles. The Morgan fingerprint density at radius 3 is 2.25 bits per heavy atom. The van der Waals surface area contributed by atoms with Crippen molar-refractivity contribution in [2.75, 3.05) is 13.2 Å². The smallest absolute Gasteiger partial charge is 0.346 e. The fraction of sp³-hybridized carbons (Fsp3) is 0.400. The second kappa shape index (κ2) is 4.03. The Kier molecular flexibility index (Phi) is 2.86. The lowest BCUT2D eigenvalue weighted by molar-refractivity contribution is -0.138. The summed E-state index contributed by atoms with van der Waals surface area (Å²) < 4.78 is 60.2. The molecule has 0 bridgehead atoms. The Morgan fingerprint density at radius 1 is 1.06 bits per heavy atom. The minimum atomic E-state index is -4.57. The highest BCUT2D eigenvalue weighted by molar-refractivity contribution is 5.27. The zero-order valence-corrected chi connectivity index (χ0v) is 8.05. The van der Waals surface area contributed by atoms with Gasteiger partial charge in [0.25, 0.3) is 0 Å². The number of halogens is 4. The zero-order chi connectivity index (χ0) is 11.8. The van der Waals surface area contributed by atoms with Gasteiger partial charge in [0.05, 0.1) is 18.8 Å². The molecule has 1 aromatic carbocycles. The number of ether oxygens (including phenoxy) is 2. The third kappa shape index (κ3) is 2.33. The Balaban J connectivity index is 2.35. The molecule has 2 nitrogen and oxygen atoms in total. The molecular formula is C10H8F4O2. The van der Waals surface area contributed by atoms with E-state index in [1.807, 2.05) is 0 Å². The van der Waals surface area contributed by atoms with Gasteiger partial charge in [-0.3, -0.25) is 0 Å². The maximum absolute atomic E-state index is 13.0. The van der Waals surface area contributed by atoms with Crippen molar-refractivity contribution >= 4 is 0 Å². The van der Waals surface area contributed by atoms with Gasteiger partial charge in [-0.2, -0.15) is 13.2 Å². The Bertz CT molecular complexity index is 383. The lowest BCUT2D eigenvalue weighted by Gasteiger charge is -2.13. The van der Waals surface area contributed by atoms with Gasteiger partial charge in [0.1, 0.15) is 5.82 Å². The van der Waals surface area contributed by atoms with Gasteiger partial charge in [-0.25, -0.2) is 4.39 Å². The van der Waals surface area contributed by atoms with Crippen molar-refractivity contribution in [1.82, 2.24) is 0 Å². The fourth-order valence-corrected chi connectivity index (χ4v) is 1.46. The van der Waals surface area contributed by atoms with E-state index in [0.717, 1.165) is 12.1 Å². The van der Waals surface area contributed by atoms with Crippen LogP contribution in [0.2, 0.25) is 0 Å². The number of hydrogen-bond donors (Lipinski definition) is 0. The van der Waals surface area contributed by atoms with E-state index < -0.39 is 23.8 Å². The van der Waals surface area contributed by atoms with Crippen molar-refractivity contribution in [1.29, 1.82) is 0 Å². The predicted molar refractivity (Wildman–Crippen MR) is 46.0 cm³/mol. The molecule has 0 aliphatic carbocycles. The normalized spacial score (nSPS) is 18.0. The van der Waals surface area contributed by atoms with Gasteiger partial charge in [0.2, 0.25) is 0 Å². The van der Waals surface area contributed by atoms with Gasteiger partial charge in [-0.1, -0.05) is 0 Å². The van der Waals surface area contributed by atoms with E-state index in [1.54, 1.807) is 0 Å². The summed E-state index contributed by atoms with van der Waals surface area (Å²) in [7, 11) is 0. The number of benzene rings is 1. The molecule has 0 N–H and O–H groups in total. The van der Waals surface area contributed by atoms with Crippen LogP contribution in [0.4, 0.5) is 17.6 Å². The second-order valence-corrected chi connectivity index (χ2v) is 3.34. The molecule has 0 unspecified atom stereocenters. The summed E-state index contributed by atoms with van der Waals surface area (Å²) in [6, 6.07) is 2.25. The first-order valence-electron chi connectivity index (χ1n) is 4.58. The van der Waals surface area contributed by atoms with Crippen molar-refractivity contribution in [3.05, 3.63) is 35.1 Å². The molecule has 1 aliphatic rings. The van der Waals surface area contributed by atoms with Crippen LogP contribution in [-0.2, 0) is 15.7 Å². The minimum Gasteiger partial charge on any atom is -0.346 e. The van der Waals surface area contributed by atoms with Crippen molar-refractivity contribution in [3.8, 4) is 0 Å². The fourth-order valence-electron chi connectivity index (χ4n) is 1.46. The van der Waals surface area contributed by atoms with Crippen LogP contribution >= 0.6 is 0 Å². The Hall–Kier alpha value is -1.14. The highest BCUT2D eigenvalue weighted by Gasteiger charge is 2.32. The summed E-state index contributed by atoms with van der Waals surface area (Å²) in [5.41, 5.74) is -0.994. The van der Waals surface area contributed by atoms with Crippen molar-refractivity contribution in [2.45, 2.75) is 12.5 Å². The second-order valence-electron chi connectivity index (χ2n) is 3.34. The van der Waals surface area contributed by atoms with Gasteiger partial charge < -0.3 is 9.47 Å². The molecule has 0 radical (unpaired) electrons. The van der Waals surface area contributed by atoms with Crippen LogP contribution in [0.1, 0.15) is 17.4 Å². The maximum Gasteiger partial charge on any atom is 0.416 e. The molecule has 1 fully saturated rings. The van der Waals surface area contributed by atoms with Crippen LogP contribution < -0.4 is 0 Å². The largest absolute Gasteiger partial charge is 0.416 e. The lowest BCUT2D eigenvalue weighted by Crippen LogP contribution is -2.08. The van der Waals surface area contributed by atoms with Crippen LogP contribution in [-0.4, -0.2) is 13.2 Å². The molecule has 0 amide bonds. The Morgan fingerprint density at radius 2 is 1.69 bits per heavy atom. The van der Waals surface area contributed by atoms with Gasteiger partial charge in [-0.15, -0.1) is 0 Å². The molecule has 0 spiro atoms. The van der Waals surface area contributed by atoms with Crippen LogP contribution in [0.25, 0.3) is 0 Å². The van der Waals surface area contributed by atoms with Crippen LogP contribution in [0.3, 0.4) is 0 Å². The lowest BCUT2D eigenvalue weighted by atomic mass is 10.1. The maximum atomic E-state index is 13.0. The average Bonchev–Trinajstić information content (AvgIpc) is 2.68. The number of rotatable bonds is 1. The van der Waals surface area contributed by atoms with Crippen molar-refractivity contribution < 1.29 is 27.0 Å². The topological polar surface area (TPSA) is 18.5 Å². The molecule has 1 heterocycles. The summed E-state index contributed by atoms with van der Waals surface area (Å²) in [5.74, 6) is -0.955. The molecule has 1 aliphatic heterocycles.